The van der Waals surface area contributed by atoms with Gasteiger partial charge in [0, 0.05) is 28.6 Å². The lowest BCUT2D eigenvalue weighted by Gasteiger charge is -2.13. The molecule has 6 nitrogen and oxygen atoms in total. The molecule has 0 saturated carbocycles. The van der Waals surface area contributed by atoms with E-state index in [1.54, 1.807) is 0 Å². The number of carboxylic acids is 1. The van der Waals surface area contributed by atoms with Gasteiger partial charge in [0.1, 0.15) is 5.75 Å². The fourth-order valence-electron chi connectivity index (χ4n) is 1.48. The van der Waals surface area contributed by atoms with Gasteiger partial charge in [-0.3, -0.25) is 14.9 Å². The van der Waals surface area contributed by atoms with Gasteiger partial charge in [-0.25, -0.2) is 0 Å². The molecule has 0 bridgehead atoms. The Bertz CT molecular complexity index is 509. The Morgan fingerprint density at radius 3 is 2.47 bits per heavy atom. The molecule has 0 unspecified atom stereocenters. The first kappa shape index (κ1) is 15.3. The van der Waals surface area contributed by atoms with Gasteiger partial charge >= 0.3 is 12.6 Å². The topological polar surface area (TPSA) is 89.7 Å². The Labute approximate surface area is 114 Å². The van der Waals surface area contributed by atoms with E-state index in [4.69, 9.17) is 5.11 Å². The number of nitro benzene ring substituents is 1. The molecule has 0 aliphatic heterocycles. The van der Waals surface area contributed by atoms with Gasteiger partial charge in [0.05, 0.1) is 11.3 Å². The van der Waals surface area contributed by atoms with E-state index in [9.17, 15) is 23.7 Å². The molecule has 0 aromatic heterocycles. The van der Waals surface area contributed by atoms with Crippen molar-refractivity contribution in [3.8, 4) is 5.75 Å². The summed E-state index contributed by atoms with van der Waals surface area (Å²) >= 11 is 2.99. The monoisotopic (exact) mass is 339 g/mol. The Kier molecular flexibility index (Phi) is 5.16. The van der Waals surface area contributed by atoms with Crippen LogP contribution in [0.2, 0.25) is 0 Å². The number of hydrogen-bond donors (Lipinski definition) is 1. The maximum absolute atomic E-state index is 12.3. The minimum atomic E-state index is -3.15. The van der Waals surface area contributed by atoms with Crippen LogP contribution in [0, 0.1) is 10.1 Å². The summed E-state index contributed by atoms with van der Waals surface area (Å²) in [6.07, 6.45) is -0.649. The van der Waals surface area contributed by atoms with E-state index in [0.717, 1.165) is 12.1 Å². The molecule has 9 heteroatoms. The van der Waals surface area contributed by atoms with Crippen molar-refractivity contribution in [1.82, 2.24) is 0 Å². The lowest BCUT2D eigenvalue weighted by Crippen LogP contribution is -2.10. The van der Waals surface area contributed by atoms with Crippen LogP contribution in [0.15, 0.2) is 12.1 Å². The molecular weight excluding hydrogens is 332 g/mol. The van der Waals surface area contributed by atoms with Crippen LogP contribution in [-0.4, -0.2) is 22.6 Å². The SMILES string of the molecule is O=C(O)Cc1cc([N+](=O)[O-])cc(CBr)c1OC(F)F. The molecule has 1 N–H and O–H groups in total. The van der Waals surface area contributed by atoms with Crippen molar-refractivity contribution in [2.45, 2.75) is 18.4 Å². The standard InChI is InChI=1S/C10H8BrF2NO5/c11-4-6-2-7(14(17)18)1-5(3-8(15)16)9(6)19-10(12)13/h1-2,10H,3-4H2,(H,15,16). The minimum Gasteiger partial charge on any atom is -0.481 e. The van der Waals surface area contributed by atoms with Crippen molar-refractivity contribution in [3.05, 3.63) is 33.4 Å². The van der Waals surface area contributed by atoms with Gasteiger partial charge in [0.15, 0.2) is 0 Å². The molecule has 0 heterocycles. The third kappa shape index (κ3) is 4.12. The number of benzene rings is 1. The molecule has 1 aromatic rings. The average Bonchev–Trinajstić information content (AvgIpc) is 2.29. The Balaban J connectivity index is 3.37. The van der Waals surface area contributed by atoms with Crippen LogP contribution in [0.5, 0.6) is 5.75 Å². The highest BCUT2D eigenvalue weighted by Crippen LogP contribution is 2.32. The van der Waals surface area contributed by atoms with Crippen LogP contribution in [0.1, 0.15) is 11.1 Å². The van der Waals surface area contributed by atoms with E-state index < -0.39 is 23.9 Å². The fourth-order valence-corrected chi connectivity index (χ4v) is 1.89. The highest BCUT2D eigenvalue weighted by Gasteiger charge is 2.21. The molecule has 104 valence electrons. The summed E-state index contributed by atoms with van der Waals surface area (Å²) in [5.41, 5.74) is -0.463. The lowest BCUT2D eigenvalue weighted by molar-refractivity contribution is -0.385. The number of nitrogens with zero attached hydrogens (tertiary/aromatic N) is 1. The van der Waals surface area contributed by atoms with Gasteiger partial charge < -0.3 is 9.84 Å². The maximum Gasteiger partial charge on any atom is 0.387 e. The van der Waals surface area contributed by atoms with Crippen LogP contribution >= 0.6 is 15.9 Å². The summed E-state index contributed by atoms with van der Waals surface area (Å²) in [6.45, 7) is -3.15. The van der Waals surface area contributed by atoms with Crippen molar-refractivity contribution in [2.24, 2.45) is 0 Å². The van der Waals surface area contributed by atoms with Crippen LogP contribution < -0.4 is 4.74 Å². The predicted octanol–water partition coefficient (Wildman–Crippen LogP) is 2.72. The molecule has 0 saturated heterocycles. The smallest absolute Gasteiger partial charge is 0.387 e. The molecule has 0 amide bonds. The largest absolute Gasteiger partial charge is 0.481 e. The first-order valence-corrected chi connectivity index (χ1v) is 6.00. The summed E-state index contributed by atoms with van der Waals surface area (Å²) in [5.74, 6) is -1.65. The van der Waals surface area contributed by atoms with Crippen molar-refractivity contribution >= 4 is 27.6 Å². The van der Waals surface area contributed by atoms with Gasteiger partial charge in [0.25, 0.3) is 5.69 Å². The summed E-state index contributed by atoms with van der Waals surface area (Å²) in [6, 6.07) is 1.97. The van der Waals surface area contributed by atoms with Crippen LogP contribution in [0.4, 0.5) is 14.5 Å². The number of carboxylic acid groups (broad SMARTS) is 1. The van der Waals surface area contributed by atoms with Crippen molar-refractivity contribution in [2.75, 3.05) is 0 Å². The second kappa shape index (κ2) is 6.41. The van der Waals surface area contributed by atoms with E-state index in [0.29, 0.717) is 0 Å². The fraction of sp³-hybridized carbons (Fsp3) is 0.300. The molecule has 1 aromatic carbocycles. The number of alkyl halides is 3. The van der Waals surface area contributed by atoms with Crippen molar-refractivity contribution in [3.63, 3.8) is 0 Å². The van der Waals surface area contributed by atoms with Crippen LogP contribution in [0.25, 0.3) is 0 Å². The number of rotatable bonds is 6. The van der Waals surface area contributed by atoms with Gasteiger partial charge in [-0.1, -0.05) is 15.9 Å². The zero-order chi connectivity index (χ0) is 14.6. The van der Waals surface area contributed by atoms with Gasteiger partial charge in [-0.15, -0.1) is 0 Å². The highest BCUT2D eigenvalue weighted by molar-refractivity contribution is 9.08. The van der Waals surface area contributed by atoms with Gasteiger partial charge in [-0.2, -0.15) is 8.78 Å². The summed E-state index contributed by atoms with van der Waals surface area (Å²) in [7, 11) is 0. The van der Waals surface area contributed by atoms with E-state index in [-0.39, 0.29) is 27.9 Å². The number of halogens is 3. The molecule has 0 radical (unpaired) electrons. The summed E-state index contributed by atoms with van der Waals surface area (Å²) < 4.78 is 28.8. The van der Waals surface area contributed by atoms with E-state index in [2.05, 4.69) is 20.7 Å². The van der Waals surface area contributed by atoms with Crippen LogP contribution in [0.3, 0.4) is 0 Å². The Morgan fingerprint density at radius 2 is 2.05 bits per heavy atom. The number of non-ortho nitro benzene ring substituents is 1. The maximum atomic E-state index is 12.3. The van der Waals surface area contributed by atoms with Gasteiger partial charge in [-0.05, 0) is 0 Å². The third-order valence-corrected chi connectivity index (χ3v) is 2.74. The average molecular weight is 340 g/mol. The third-order valence-electron chi connectivity index (χ3n) is 2.13. The molecule has 19 heavy (non-hydrogen) atoms. The molecule has 0 fully saturated rings. The number of aliphatic carboxylic acids is 1. The lowest BCUT2D eigenvalue weighted by atomic mass is 10.1. The molecule has 0 atom stereocenters. The zero-order valence-electron chi connectivity index (χ0n) is 9.31. The Morgan fingerprint density at radius 1 is 1.47 bits per heavy atom. The number of nitro groups is 1. The first-order chi connectivity index (χ1) is 8.85. The number of hydrogen-bond acceptors (Lipinski definition) is 4. The first-order valence-electron chi connectivity index (χ1n) is 4.88. The van der Waals surface area contributed by atoms with Gasteiger partial charge in [0.2, 0.25) is 0 Å². The molecule has 0 aliphatic carbocycles. The highest BCUT2D eigenvalue weighted by atomic mass is 79.9. The molecule has 1 rings (SSSR count). The zero-order valence-corrected chi connectivity index (χ0v) is 10.9. The van der Waals surface area contributed by atoms with E-state index in [1.165, 1.54) is 0 Å². The van der Waals surface area contributed by atoms with E-state index >= 15 is 0 Å². The van der Waals surface area contributed by atoms with Crippen molar-refractivity contribution in [1.29, 1.82) is 0 Å². The Hall–Kier alpha value is -1.77. The predicted molar refractivity (Wildman–Crippen MR) is 63.7 cm³/mol. The summed E-state index contributed by atoms with van der Waals surface area (Å²) in [4.78, 5) is 20.6. The van der Waals surface area contributed by atoms with Crippen molar-refractivity contribution < 1.29 is 28.3 Å². The summed E-state index contributed by atoms with van der Waals surface area (Å²) in [5, 5.41) is 19.4. The number of ether oxygens (including phenoxy) is 1. The quantitative estimate of drug-likeness (QED) is 0.489. The number of carbonyl (C=O) groups is 1. The molecule has 0 spiro atoms. The minimum absolute atomic E-state index is 0.0172. The normalized spacial score (nSPS) is 10.5. The molecular formula is C10H8BrF2NO5. The second-order valence-electron chi connectivity index (χ2n) is 3.43. The second-order valence-corrected chi connectivity index (χ2v) is 3.99. The van der Waals surface area contributed by atoms with E-state index in [1.807, 2.05) is 0 Å². The van der Waals surface area contributed by atoms with Crippen LogP contribution in [-0.2, 0) is 16.5 Å². The molecule has 0 aliphatic rings.